The number of para-hydroxylation sites is 2. The fourth-order valence-electron chi connectivity index (χ4n) is 3.61. The van der Waals surface area contributed by atoms with Gasteiger partial charge in [0.05, 0.1) is 17.9 Å². The molecule has 2 aromatic rings. The zero-order valence-electron chi connectivity index (χ0n) is 17.0. The number of hydrogen-bond donors (Lipinski definition) is 1. The number of carbonyl (C=O) groups is 2. The van der Waals surface area contributed by atoms with Crippen molar-refractivity contribution < 1.29 is 14.5 Å². The number of nitrogens with one attached hydrogen (secondary N) is 1. The summed E-state index contributed by atoms with van der Waals surface area (Å²) < 4.78 is 0. The highest BCUT2D eigenvalue weighted by Crippen LogP contribution is 2.19. The number of carbonyl (C=O) groups excluding carboxylic acids is 2. The van der Waals surface area contributed by atoms with Gasteiger partial charge in [-0.05, 0) is 18.1 Å². The molecule has 1 N–H and O–H groups in total. The van der Waals surface area contributed by atoms with Gasteiger partial charge in [-0.25, -0.2) is 0 Å². The van der Waals surface area contributed by atoms with E-state index in [2.05, 4.69) is 5.32 Å². The molecule has 1 saturated heterocycles. The molecule has 1 aliphatic rings. The van der Waals surface area contributed by atoms with Crippen LogP contribution in [0.5, 0.6) is 0 Å². The molecule has 0 bridgehead atoms. The molecule has 0 radical (unpaired) electrons. The Morgan fingerprint density at radius 1 is 1.00 bits per heavy atom. The Bertz CT molecular complexity index is 923. The van der Waals surface area contributed by atoms with E-state index in [0.29, 0.717) is 31.7 Å². The lowest BCUT2D eigenvalue weighted by Gasteiger charge is -2.34. The molecule has 8 heteroatoms. The van der Waals surface area contributed by atoms with Crippen molar-refractivity contribution in [3.8, 4) is 0 Å². The van der Waals surface area contributed by atoms with E-state index in [1.54, 1.807) is 23.1 Å². The van der Waals surface area contributed by atoms with Gasteiger partial charge in [-0.15, -0.1) is 0 Å². The Morgan fingerprint density at radius 3 is 2.30 bits per heavy atom. The zero-order valence-corrected chi connectivity index (χ0v) is 17.0. The molecule has 158 valence electrons. The van der Waals surface area contributed by atoms with Gasteiger partial charge in [-0.3, -0.25) is 24.6 Å². The second-order valence-electron chi connectivity index (χ2n) is 7.28. The van der Waals surface area contributed by atoms with E-state index in [0.717, 1.165) is 17.7 Å². The molecule has 0 aliphatic carbocycles. The molecule has 8 nitrogen and oxygen atoms in total. The van der Waals surface area contributed by atoms with E-state index >= 15 is 0 Å². The lowest BCUT2D eigenvalue weighted by molar-refractivity contribution is -0.385. The minimum atomic E-state index is -0.462. The predicted molar refractivity (Wildman–Crippen MR) is 114 cm³/mol. The Labute approximate surface area is 175 Å². The van der Waals surface area contributed by atoms with E-state index in [4.69, 9.17) is 0 Å². The zero-order chi connectivity index (χ0) is 21.5. The number of aryl methyl sites for hydroxylation is 1. The van der Waals surface area contributed by atoms with Crippen LogP contribution in [0.4, 0.5) is 11.4 Å². The van der Waals surface area contributed by atoms with Crippen LogP contribution in [0.3, 0.4) is 0 Å². The molecule has 0 aromatic heterocycles. The van der Waals surface area contributed by atoms with Crippen molar-refractivity contribution in [1.82, 2.24) is 9.80 Å². The van der Waals surface area contributed by atoms with Crippen LogP contribution in [0.1, 0.15) is 18.1 Å². The SMILES string of the molecule is CCc1ccccc1NC(=O)CN1CCN(C(=O)Cc2ccccc2[N+](=O)[O-])CC1. The first-order valence-electron chi connectivity index (χ1n) is 10.1. The first-order chi connectivity index (χ1) is 14.5. The number of nitro groups is 1. The molecule has 0 saturated carbocycles. The van der Waals surface area contributed by atoms with Crippen LogP contribution in [-0.2, 0) is 22.4 Å². The molecule has 0 spiro atoms. The molecule has 0 unspecified atom stereocenters. The van der Waals surface area contributed by atoms with E-state index in [1.807, 2.05) is 36.1 Å². The molecule has 1 heterocycles. The van der Waals surface area contributed by atoms with Gasteiger partial charge >= 0.3 is 0 Å². The van der Waals surface area contributed by atoms with Gasteiger partial charge in [0.2, 0.25) is 11.8 Å². The number of hydrogen-bond acceptors (Lipinski definition) is 5. The first kappa shape index (κ1) is 21.4. The van der Waals surface area contributed by atoms with Gasteiger partial charge < -0.3 is 10.2 Å². The van der Waals surface area contributed by atoms with Crippen LogP contribution in [0.2, 0.25) is 0 Å². The van der Waals surface area contributed by atoms with E-state index in [-0.39, 0.29) is 30.5 Å². The highest BCUT2D eigenvalue weighted by Gasteiger charge is 2.24. The molecule has 1 aliphatic heterocycles. The summed E-state index contributed by atoms with van der Waals surface area (Å²) >= 11 is 0. The summed E-state index contributed by atoms with van der Waals surface area (Å²) in [4.78, 5) is 39.4. The van der Waals surface area contributed by atoms with Gasteiger partial charge in [-0.2, -0.15) is 0 Å². The normalized spacial score (nSPS) is 14.4. The Morgan fingerprint density at radius 2 is 1.63 bits per heavy atom. The molecular weight excluding hydrogens is 384 g/mol. The number of nitrogens with zero attached hydrogens (tertiary/aromatic N) is 3. The van der Waals surface area contributed by atoms with Gasteiger partial charge in [0.1, 0.15) is 0 Å². The summed E-state index contributed by atoms with van der Waals surface area (Å²) in [5, 5.41) is 14.1. The number of anilines is 1. The van der Waals surface area contributed by atoms with Crippen molar-refractivity contribution in [3.63, 3.8) is 0 Å². The van der Waals surface area contributed by atoms with Crippen molar-refractivity contribution in [1.29, 1.82) is 0 Å². The van der Waals surface area contributed by atoms with Crippen LogP contribution in [0.25, 0.3) is 0 Å². The Balaban J connectivity index is 1.49. The number of piperazine rings is 1. The third-order valence-corrected chi connectivity index (χ3v) is 5.29. The second-order valence-corrected chi connectivity index (χ2v) is 7.28. The van der Waals surface area contributed by atoms with Crippen LogP contribution in [0.15, 0.2) is 48.5 Å². The largest absolute Gasteiger partial charge is 0.340 e. The molecule has 2 amide bonds. The molecule has 3 rings (SSSR count). The smallest absolute Gasteiger partial charge is 0.273 e. The lowest BCUT2D eigenvalue weighted by atomic mass is 10.1. The quantitative estimate of drug-likeness (QED) is 0.559. The third kappa shape index (κ3) is 5.42. The molecule has 30 heavy (non-hydrogen) atoms. The first-order valence-corrected chi connectivity index (χ1v) is 10.1. The summed E-state index contributed by atoms with van der Waals surface area (Å²) in [6, 6.07) is 14.1. The topological polar surface area (TPSA) is 95.8 Å². The van der Waals surface area contributed by atoms with Gasteiger partial charge in [0, 0.05) is 43.5 Å². The lowest BCUT2D eigenvalue weighted by Crippen LogP contribution is -2.50. The summed E-state index contributed by atoms with van der Waals surface area (Å²) in [6.07, 6.45) is 0.849. The van der Waals surface area contributed by atoms with Crippen molar-refractivity contribution in [3.05, 3.63) is 69.8 Å². The average Bonchev–Trinajstić information content (AvgIpc) is 2.74. The van der Waals surface area contributed by atoms with Crippen molar-refractivity contribution >= 4 is 23.2 Å². The highest BCUT2D eigenvalue weighted by atomic mass is 16.6. The molecular formula is C22H26N4O4. The van der Waals surface area contributed by atoms with E-state index in [9.17, 15) is 19.7 Å². The van der Waals surface area contributed by atoms with Crippen molar-refractivity contribution in [2.45, 2.75) is 19.8 Å². The predicted octanol–water partition coefficient (Wildman–Crippen LogP) is 2.48. The standard InChI is InChI=1S/C22H26N4O4/c1-2-17-7-3-5-9-19(17)23-21(27)16-24-11-13-25(14-12-24)22(28)15-18-8-4-6-10-20(18)26(29)30/h3-10H,2,11-16H2,1H3,(H,23,27). The van der Waals surface area contributed by atoms with Crippen LogP contribution < -0.4 is 5.32 Å². The van der Waals surface area contributed by atoms with Crippen molar-refractivity contribution in [2.24, 2.45) is 0 Å². The summed E-state index contributed by atoms with van der Waals surface area (Å²) in [5.41, 5.74) is 2.32. The maximum absolute atomic E-state index is 12.6. The van der Waals surface area contributed by atoms with Gasteiger partial charge in [-0.1, -0.05) is 43.3 Å². The minimum Gasteiger partial charge on any atom is -0.340 e. The minimum absolute atomic E-state index is 0.00540. The number of nitro benzene ring substituents is 1. The van der Waals surface area contributed by atoms with E-state index < -0.39 is 4.92 Å². The summed E-state index contributed by atoms with van der Waals surface area (Å²) in [5.74, 6) is -0.208. The number of rotatable bonds is 7. The summed E-state index contributed by atoms with van der Waals surface area (Å²) in [6.45, 7) is 4.49. The maximum Gasteiger partial charge on any atom is 0.273 e. The number of amides is 2. The van der Waals surface area contributed by atoms with Crippen molar-refractivity contribution in [2.75, 3.05) is 38.0 Å². The van der Waals surface area contributed by atoms with Gasteiger partial charge in [0.25, 0.3) is 5.69 Å². The second kappa shape index (κ2) is 9.98. The van der Waals surface area contributed by atoms with Gasteiger partial charge in [0.15, 0.2) is 0 Å². The van der Waals surface area contributed by atoms with Crippen LogP contribution >= 0.6 is 0 Å². The van der Waals surface area contributed by atoms with E-state index in [1.165, 1.54) is 6.07 Å². The molecule has 2 aromatic carbocycles. The molecule has 1 fully saturated rings. The highest BCUT2D eigenvalue weighted by molar-refractivity contribution is 5.93. The van der Waals surface area contributed by atoms with Crippen LogP contribution in [-0.4, -0.2) is 59.3 Å². The summed E-state index contributed by atoms with van der Waals surface area (Å²) in [7, 11) is 0. The van der Waals surface area contributed by atoms with Crippen LogP contribution in [0, 0.1) is 10.1 Å². The molecule has 0 atom stereocenters. The monoisotopic (exact) mass is 410 g/mol. The number of benzene rings is 2. The maximum atomic E-state index is 12.6. The third-order valence-electron chi connectivity index (χ3n) is 5.29. The fourth-order valence-corrected chi connectivity index (χ4v) is 3.61. The Kier molecular flexibility index (Phi) is 7.13. The average molecular weight is 410 g/mol. The Hall–Kier alpha value is -3.26. The fraction of sp³-hybridized carbons (Fsp3) is 0.364.